The molecule has 1 nitrogen and oxygen atoms in total. The SMILES string of the molecule is C=CCCCSc1cc(Cl)ccc1N. The number of benzene rings is 1. The Labute approximate surface area is 94.3 Å². The number of nitrogen functional groups attached to an aromatic ring is 1. The first-order valence-corrected chi connectivity index (χ1v) is 5.89. The molecular weight excluding hydrogens is 214 g/mol. The van der Waals surface area contributed by atoms with Crippen molar-refractivity contribution in [1.82, 2.24) is 0 Å². The molecule has 0 radical (unpaired) electrons. The van der Waals surface area contributed by atoms with Gasteiger partial charge in [0.2, 0.25) is 0 Å². The van der Waals surface area contributed by atoms with Crippen LogP contribution in [-0.2, 0) is 0 Å². The van der Waals surface area contributed by atoms with Gasteiger partial charge in [0.05, 0.1) is 0 Å². The molecule has 0 atom stereocenters. The Balaban J connectivity index is 2.49. The average Bonchev–Trinajstić information content (AvgIpc) is 2.18. The smallest absolute Gasteiger partial charge is 0.0453 e. The number of allylic oxidation sites excluding steroid dienone is 1. The van der Waals surface area contributed by atoms with Crippen molar-refractivity contribution in [3.8, 4) is 0 Å². The second kappa shape index (κ2) is 5.99. The van der Waals surface area contributed by atoms with Crippen LogP contribution in [0.1, 0.15) is 12.8 Å². The summed E-state index contributed by atoms with van der Waals surface area (Å²) in [5.74, 6) is 1.05. The zero-order valence-corrected chi connectivity index (χ0v) is 9.57. The number of hydrogen-bond acceptors (Lipinski definition) is 2. The van der Waals surface area contributed by atoms with E-state index in [1.165, 1.54) is 0 Å². The van der Waals surface area contributed by atoms with Crippen LogP contribution in [0.15, 0.2) is 35.7 Å². The van der Waals surface area contributed by atoms with E-state index in [1.807, 2.05) is 24.3 Å². The number of hydrogen-bond donors (Lipinski definition) is 1. The first kappa shape index (κ1) is 11.5. The van der Waals surface area contributed by atoms with Crippen LogP contribution >= 0.6 is 23.4 Å². The van der Waals surface area contributed by atoms with E-state index in [-0.39, 0.29) is 0 Å². The molecule has 0 amide bonds. The molecule has 1 rings (SSSR count). The molecule has 1 aromatic carbocycles. The summed E-state index contributed by atoms with van der Waals surface area (Å²) in [6.07, 6.45) is 4.11. The van der Waals surface area contributed by atoms with E-state index < -0.39 is 0 Å². The summed E-state index contributed by atoms with van der Waals surface area (Å²) in [5.41, 5.74) is 6.61. The first-order valence-electron chi connectivity index (χ1n) is 4.52. The highest BCUT2D eigenvalue weighted by Crippen LogP contribution is 2.28. The lowest BCUT2D eigenvalue weighted by atomic mass is 10.3. The number of unbranched alkanes of at least 4 members (excludes halogenated alkanes) is 1. The molecule has 0 heterocycles. The van der Waals surface area contributed by atoms with Gasteiger partial charge in [0.25, 0.3) is 0 Å². The maximum Gasteiger partial charge on any atom is 0.0453 e. The molecule has 0 aliphatic carbocycles. The minimum absolute atomic E-state index is 0.741. The van der Waals surface area contributed by atoms with Gasteiger partial charge in [0, 0.05) is 15.6 Å². The number of thioether (sulfide) groups is 1. The van der Waals surface area contributed by atoms with Crippen LogP contribution in [0.3, 0.4) is 0 Å². The Hall–Kier alpha value is -0.600. The van der Waals surface area contributed by atoms with Crippen LogP contribution < -0.4 is 5.73 Å². The van der Waals surface area contributed by atoms with Crippen LogP contribution in [0.25, 0.3) is 0 Å². The number of halogens is 1. The van der Waals surface area contributed by atoms with Crippen molar-refractivity contribution in [3.05, 3.63) is 35.9 Å². The fraction of sp³-hybridized carbons (Fsp3) is 0.273. The molecule has 2 N–H and O–H groups in total. The Kier molecular flexibility index (Phi) is 4.91. The highest BCUT2D eigenvalue weighted by atomic mass is 35.5. The van der Waals surface area contributed by atoms with Gasteiger partial charge in [0.1, 0.15) is 0 Å². The minimum atomic E-state index is 0.741. The Bertz CT molecular complexity index is 312. The highest BCUT2D eigenvalue weighted by molar-refractivity contribution is 7.99. The summed E-state index contributed by atoms with van der Waals surface area (Å²) in [6.45, 7) is 3.68. The lowest BCUT2D eigenvalue weighted by Crippen LogP contribution is -1.89. The lowest BCUT2D eigenvalue weighted by molar-refractivity contribution is 0.974. The van der Waals surface area contributed by atoms with Crippen molar-refractivity contribution < 1.29 is 0 Å². The van der Waals surface area contributed by atoms with Crippen molar-refractivity contribution in [2.24, 2.45) is 0 Å². The summed E-state index contributed by atoms with van der Waals surface area (Å²) in [5, 5.41) is 0.741. The summed E-state index contributed by atoms with van der Waals surface area (Å²) < 4.78 is 0. The van der Waals surface area contributed by atoms with E-state index in [0.29, 0.717) is 0 Å². The van der Waals surface area contributed by atoms with Gasteiger partial charge in [-0.15, -0.1) is 18.3 Å². The fourth-order valence-electron chi connectivity index (χ4n) is 1.04. The van der Waals surface area contributed by atoms with Gasteiger partial charge in [-0.2, -0.15) is 0 Å². The molecule has 14 heavy (non-hydrogen) atoms. The molecule has 0 bridgehead atoms. The van der Waals surface area contributed by atoms with Crippen molar-refractivity contribution in [2.75, 3.05) is 11.5 Å². The van der Waals surface area contributed by atoms with E-state index >= 15 is 0 Å². The van der Waals surface area contributed by atoms with Crippen molar-refractivity contribution in [2.45, 2.75) is 17.7 Å². The Morgan fingerprint density at radius 1 is 1.50 bits per heavy atom. The van der Waals surface area contributed by atoms with Crippen LogP contribution in [0.5, 0.6) is 0 Å². The van der Waals surface area contributed by atoms with Crippen molar-refractivity contribution in [3.63, 3.8) is 0 Å². The largest absolute Gasteiger partial charge is 0.398 e. The van der Waals surface area contributed by atoms with E-state index in [2.05, 4.69) is 6.58 Å². The summed E-state index contributed by atoms with van der Waals surface area (Å²) in [7, 11) is 0. The number of nitrogens with two attached hydrogens (primary N) is 1. The molecule has 0 spiro atoms. The van der Waals surface area contributed by atoms with Gasteiger partial charge in [-0.05, 0) is 36.8 Å². The van der Waals surface area contributed by atoms with E-state index in [1.54, 1.807) is 11.8 Å². The molecule has 76 valence electrons. The summed E-state index contributed by atoms with van der Waals surface area (Å²) in [4.78, 5) is 1.07. The molecule has 1 aromatic rings. The van der Waals surface area contributed by atoms with Crippen LogP contribution in [0, 0.1) is 0 Å². The standard InChI is InChI=1S/C11H14ClNS/c1-2-3-4-7-14-11-8-9(12)5-6-10(11)13/h2,5-6,8H,1,3-4,7,13H2. The molecule has 0 aliphatic heterocycles. The molecule has 0 unspecified atom stereocenters. The molecular formula is C11H14ClNS. The Morgan fingerprint density at radius 3 is 3.00 bits per heavy atom. The average molecular weight is 228 g/mol. The van der Waals surface area contributed by atoms with Crippen LogP contribution in [-0.4, -0.2) is 5.75 Å². The normalized spacial score (nSPS) is 10.1. The predicted molar refractivity (Wildman–Crippen MR) is 66.0 cm³/mol. The monoisotopic (exact) mass is 227 g/mol. The van der Waals surface area contributed by atoms with Crippen LogP contribution in [0.4, 0.5) is 5.69 Å². The minimum Gasteiger partial charge on any atom is -0.398 e. The topological polar surface area (TPSA) is 26.0 Å². The second-order valence-electron chi connectivity index (χ2n) is 2.96. The maximum atomic E-state index is 5.87. The summed E-state index contributed by atoms with van der Waals surface area (Å²) in [6, 6.07) is 5.57. The van der Waals surface area contributed by atoms with Crippen LogP contribution in [0.2, 0.25) is 5.02 Å². The third kappa shape index (κ3) is 3.64. The molecule has 0 aliphatic rings. The molecule has 0 aromatic heterocycles. The predicted octanol–water partition coefficient (Wildman–Crippen LogP) is 3.98. The number of rotatable bonds is 5. The Morgan fingerprint density at radius 2 is 2.29 bits per heavy atom. The van der Waals surface area contributed by atoms with Gasteiger partial charge in [-0.25, -0.2) is 0 Å². The maximum absolute atomic E-state index is 5.87. The molecule has 0 fully saturated rings. The summed E-state index contributed by atoms with van der Waals surface area (Å²) >= 11 is 7.62. The van der Waals surface area contributed by atoms with E-state index in [9.17, 15) is 0 Å². The molecule has 3 heteroatoms. The van der Waals surface area contributed by atoms with E-state index in [0.717, 1.165) is 34.2 Å². The van der Waals surface area contributed by atoms with Gasteiger partial charge < -0.3 is 5.73 Å². The lowest BCUT2D eigenvalue weighted by Gasteiger charge is -2.04. The zero-order chi connectivity index (χ0) is 10.4. The third-order valence-electron chi connectivity index (χ3n) is 1.79. The van der Waals surface area contributed by atoms with Crippen molar-refractivity contribution in [1.29, 1.82) is 0 Å². The van der Waals surface area contributed by atoms with Gasteiger partial charge in [-0.1, -0.05) is 17.7 Å². The highest BCUT2D eigenvalue weighted by Gasteiger charge is 2.00. The molecule has 0 saturated carbocycles. The van der Waals surface area contributed by atoms with Gasteiger partial charge in [0.15, 0.2) is 0 Å². The van der Waals surface area contributed by atoms with E-state index in [4.69, 9.17) is 17.3 Å². The van der Waals surface area contributed by atoms with Crippen molar-refractivity contribution >= 4 is 29.1 Å². The third-order valence-corrected chi connectivity index (χ3v) is 3.18. The first-order chi connectivity index (χ1) is 6.74. The fourth-order valence-corrected chi connectivity index (χ4v) is 2.26. The van der Waals surface area contributed by atoms with Gasteiger partial charge >= 0.3 is 0 Å². The quantitative estimate of drug-likeness (QED) is 0.356. The molecule has 0 saturated heterocycles. The zero-order valence-electron chi connectivity index (χ0n) is 8.00. The number of anilines is 1. The second-order valence-corrected chi connectivity index (χ2v) is 4.53. The van der Waals surface area contributed by atoms with Gasteiger partial charge in [-0.3, -0.25) is 0 Å².